The third-order valence-corrected chi connectivity index (χ3v) is 7.28. The Balaban J connectivity index is 1.47. The summed E-state index contributed by atoms with van der Waals surface area (Å²) in [4.78, 5) is 35.8. The average Bonchev–Trinajstić information content (AvgIpc) is 3.09. The van der Waals surface area contributed by atoms with Crippen molar-refractivity contribution in [2.45, 2.75) is 20.3 Å². The lowest BCUT2D eigenvalue weighted by Gasteiger charge is -2.37. The van der Waals surface area contributed by atoms with Gasteiger partial charge in [-0.05, 0) is 55.1 Å². The number of likely N-dealkylation sites (tertiary alicyclic amines) is 1. The van der Waals surface area contributed by atoms with E-state index in [1.807, 2.05) is 54.6 Å². The Bertz CT molecular complexity index is 1080. The Morgan fingerprint density at radius 1 is 0.706 bits per heavy atom. The molecule has 2 unspecified atom stereocenters. The number of rotatable bonds is 4. The van der Waals surface area contributed by atoms with Crippen LogP contribution in [0.2, 0.25) is 0 Å². The molecule has 5 rings (SSSR count). The molecule has 0 aliphatic carbocycles. The summed E-state index contributed by atoms with van der Waals surface area (Å²) in [7, 11) is 2.14. The van der Waals surface area contributed by atoms with E-state index in [2.05, 4.69) is 35.6 Å². The van der Waals surface area contributed by atoms with E-state index < -0.39 is 0 Å². The van der Waals surface area contributed by atoms with Crippen LogP contribution in [-0.4, -0.2) is 67.9 Å². The molecule has 0 spiro atoms. The summed E-state index contributed by atoms with van der Waals surface area (Å²) >= 11 is 0. The van der Waals surface area contributed by atoms with Gasteiger partial charge in [-0.15, -0.1) is 0 Å². The third kappa shape index (κ3) is 4.23. The molecular weight excluding hydrogens is 424 g/mol. The number of nitrogens with zero attached hydrogens (tertiary/aromatic N) is 4. The fraction of sp³-hybridized carbons (Fsp3) is 0.429. The number of amides is 2. The summed E-state index contributed by atoms with van der Waals surface area (Å²) < 4.78 is 0. The van der Waals surface area contributed by atoms with Crippen molar-refractivity contribution >= 4 is 28.8 Å². The van der Waals surface area contributed by atoms with Crippen LogP contribution in [0, 0.1) is 11.8 Å². The van der Waals surface area contributed by atoms with E-state index in [0.29, 0.717) is 28.8 Å². The molecule has 2 amide bonds. The minimum Gasteiger partial charge on any atom is -0.369 e. The SMILES string of the molecule is CC1CC(C)CN(C2=C(c3ccccc3)C(=O)N(c3ccc(N4CCN(C)CC4)cc3)C2=O)C1. The second kappa shape index (κ2) is 9.26. The van der Waals surface area contributed by atoms with Crippen LogP contribution >= 0.6 is 0 Å². The number of carbonyl (C=O) groups is 2. The fourth-order valence-electron chi connectivity index (χ4n) is 5.63. The second-order valence-corrected chi connectivity index (χ2v) is 10.2. The summed E-state index contributed by atoms with van der Waals surface area (Å²) in [6.45, 7) is 10.1. The third-order valence-electron chi connectivity index (χ3n) is 7.28. The number of benzene rings is 2. The van der Waals surface area contributed by atoms with Gasteiger partial charge < -0.3 is 14.7 Å². The zero-order chi connectivity index (χ0) is 23.8. The van der Waals surface area contributed by atoms with Gasteiger partial charge in [0.25, 0.3) is 11.8 Å². The zero-order valence-electron chi connectivity index (χ0n) is 20.4. The average molecular weight is 459 g/mol. The molecule has 3 aliphatic rings. The summed E-state index contributed by atoms with van der Waals surface area (Å²) in [5.41, 5.74) is 3.64. The van der Waals surface area contributed by atoms with Crippen molar-refractivity contribution in [3.05, 3.63) is 65.9 Å². The van der Waals surface area contributed by atoms with Crippen molar-refractivity contribution < 1.29 is 9.59 Å². The van der Waals surface area contributed by atoms with Gasteiger partial charge in [-0.3, -0.25) is 9.59 Å². The Morgan fingerprint density at radius 3 is 1.91 bits per heavy atom. The number of piperidine rings is 1. The van der Waals surface area contributed by atoms with E-state index in [1.54, 1.807) is 0 Å². The maximum atomic E-state index is 13.8. The van der Waals surface area contributed by atoms with Gasteiger partial charge in [0, 0.05) is 45.0 Å². The molecule has 6 nitrogen and oxygen atoms in total. The summed E-state index contributed by atoms with van der Waals surface area (Å²) in [6, 6.07) is 17.5. The Labute approximate surface area is 202 Å². The fourth-order valence-corrected chi connectivity index (χ4v) is 5.63. The van der Waals surface area contributed by atoms with Gasteiger partial charge in [-0.2, -0.15) is 0 Å². The van der Waals surface area contributed by atoms with E-state index in [0.717, 1.165) is 56.9 Å². The van der Waals surface area contributed by atoms with Crippen molar-refractivity contribution in [1.29, 1.82) is 0 Å². The van der Waals surface area contributed by atoms with Crippen LogP contribution < -0.4 is 9.80 Å². The standard InChI is InChI=1S/C28H34N4O2/c1-20-17-21(2)19-31(18-20)26-25(22-7-5-4-6-8-22)27(33)32(28(26)34)24-11-9-23(10-12-24)30-15-13-29(3)14-16-30/h4-12,20-21H,13-19H2,1-3H3. The molecule has 0 radical (unpaired) electrons. The number of hydrogen-bond donors (Lipinski definition) is 0. The van der Waals surface area contributed by atoms with Crippen LogP contribution in [0.15, 0.2) is 60.3 Å². The molecule has 3 aliphatic heterocycles. The van der Waals surface area contributed by atoms with Crippen molar-refractivity contribution in [2.75, 3.05) is 56.1 Å². The molecule has 3 heterocycles. The van der Waals surface area contributed by atoms with Crippen molar-refractivity contribution in [2.24, 2.45) is 11.8 Å². The molecule has 0 N–H and O–H groups in total. The lowest BCUT2D eigenvalue weighted by Crippen LogP contribution is -2.44. The summed E-state index contributed by atoms with van der Waals surface area (Å²) in [5, 5.41) is 0. The van der Waals surface area contributed by atoms with Gasteiger partial charge in [0.2, 0.25) is 0 Å². The number of anilines is 2. The monoisotopic (exact) mass is 458 g/mol. The van der Waals surface area contributed by atoms with E-state index >= 15 is 0 Å². The molecule has 2 saturated heterocycles. The molecule has 2 fully saturated rings. The normalized spacial score (nSPS) is 24.4. The minimum atomic E-state index is -0.232. The van der Waals surface area contributed by atoms with Crippen LogP contribution in [0.5, 0.6) is 0 Å². The van der Waals surface area contributed by atoms with Crippen LogP contribution in [0.3, 0.4) is 0 Å². The molecular formula is C28H34N4O2. The Morgan fingerprint density at radius 2 is 1.29 bits per heavy atom. The number of imide groups is 1. The smallest absolute Gasteiger partial charge is 0.282 e. The highest BCUT2D eigenvalue weighted by atomic mass is 16.2. The second-order valence-electron chi connectivity index (χ2n) is 10.2. The topological polar surface area (TPSA) is 47.1 Å². The number of piperazine rings is 1. The quantitative estimate of drug-likeness (QED) is 0.654. The first-order chi connectivity index (χ1) is 16.4. The lowest BCUT2D eigenvalue weighted by atomic mass is 9.91. The molecule has 0 bridgehead atoms. The predicted molar refractivity (Wildman–Crippen MR) is 137 cm³/mol. The Kier molecular flexibility index (Phi) is 6.17. The van der Waals surface area contributed by atoms with E-state index in [4.69, 9.17) is 0 Å². The first-order valence-corrected chi connectivity index (χ1v) is 12.4. The molecule has 34 heavy (non-hydrogen) atoms. The predicted octanol–water partition coefficient (Wildman–Crippen LogP) is 3.70. The summed E-state index contributed by atoms with van der Waals surface area (Å²) in [5.74, 6) is 0.517. The van der Waals surface area contributed by atoms with Gasteiger partial charge in [0.05, 0.1) is 11.3 Å². The van der Waals surface area contributed by atoms with Crippen molar-refractivity contribution in [1.82, 2.24) is 9.80 Å². The highest BCUT2D eigenvalue weighted by Crippen LogP contribution is 2.37. The van der Waals surface area contributed by atoms with Crippen LogP contribution in [0.1, 0.15) is 25.8 Å². The zero-order valence-corrected chi connectivity index (χ0v) is 20.4. The first kappa shape index (κ1) is 22.7. The highest BCUT2D eigenvalue weighted by Gasteiger charge is 2.43. The van der Waals surface area contributed by atoms with Crippen LogP contribution in [0.4, 0.5) is 11.4 Å². The number of carbonyl (C=O) groups excluding carboxylic acids is 2. The van der Waals surface area contributed by atoms with Gasteiger partial charge >= 0.3 is 0 Å². The molecule has 2 aromatic carbocycles. The van der Waals surface area contributed by atoms with Crippen LogP contribution in [0.25, 0.3) is 5.57 Å². The van der Waals surface area contributed by atoms with Crippen molar-refractivity contribution in [3.8, 4) is 0 Å². The highest BCUT2D eigenvalue weighted by molar-refractivity contribution is 6.45. The van der Waals surface area contributed by atoms with Crippen LogP contribution in [-0.2, 0) is 9.59 Å². The summed E-state index contributed by atoms with van der Waals surface area (Å²) in [6.07, 6.45) is 1.14. The first-order valence-electron chi connectivity index (χ1n) is 12.4. The lowest BCUT2D eigenvalue weighted by molar-refractivity contribution is -0.120. The van der Waals surface area contributed by atoms with E-state index in [9.17, 15) is 9.59 Å². The molecule has 2 aromatic rings. The van der Waals surface area contributed by atoms with Crippen molar-refractivity contribution in [3.63, 3.8) is 0 Å². The maximum Gasteiger partial charge on any atom is 0.282 e. The van der Waals surface area contributed by atoms with Gasteiger partial charge in [0.1, 0.15) is 5.70 Å². The molecule has 178 valence electrons. The molecule has 2 atom stereocenters. The van der Waals surface area contributed by atoms with E-state index in [1.165, 1.54) is 4.90 Å². The van der Waals surface area contributed by atoms with Gasteiger partial charge in [-0.25, -0.2) is 4.90 Å². The minimum absolute atomic E-state index is 0.211. The van der Waals surface area contributed by atoms with Gasteiger partial charge in [-0.1, -0.05) is 44.2 Å². The molecule has 6 heteroatoms. The molecule has 0 saturated carbocycles. The maximum absolute atomic E-state index is 13.8. The van der Waals surface area contributed by atoms with Gasteiger partial charge in [0.15, 0.2) is 0 Å². The largest absolute Gasteiger partial charge is 0.369 e. The van der Waals surface area contributed by atoms with E-state index in [-0.39, 0.29) is 11.8 Å². The number of hydrogen-bond acceptors (Lipinski definition) is 5. The Hall–Kier alpha value is -3.12. The number of likely N-dealkylation sites (N-methyl/N-ethyl adjacent to an activating group) is 1. The molecule has 0 aromatic heterocycles.